The molecule has 20 heavy (non-hydrogen) atoms. The molecule has 3 rings (SSSR count). The van der Waals surface area contributed by atoms with Crippen molar-refractivity contribution in [2.24, 2.45) is 0 Å². The molecule has 0 bridgehead atoms. The summed E-state index contributed by atoms with van der Waals surface area (Å²) in [7, 11) is 0. The SMILES string of the molecule is CSc1cccc(Nc2ccc(N)c3cccnc23)c1. The van der Waals surface area contributed by atoms with E-state index in [-0.39, 0.29) is 0 Å². The molecule has 0 radical (unpaired) electrons. The number of aromatic nitrogens is 1. The standard InChI is InChI=1S/C16H15N3S/c1-20-12-5-2-4-11(10-12)19-15-8-7-14(17)13-6-3-9-18-16(13)15/h2-10,19H,17H2,1H3. The lowest BCUT2D eigenvalue weighted by molar-refractivity contribution is 1.39. The van der Waals surface area contributed by atoms with E-state index in [0.717, 1.165) is 28.0 Å². The van der Waals surface area contributed by atoms with Gasteiger partial charge < -0.3 is 11.1 Å². The van der Waals surface area contributed by atoms with Gasteiger partial charge >= 0.3 is 0 Å². The largest absolute Gasteiger partial charge is 0.398 e. The zero-order valence-corrected chi connectivity index (χ0v) is 11.9. The maximum absolute atomic E-state index is 5.99. The Balaban J connectivity index is 2.04. The topological polar surface area (TPSA) is 50.9 Å². The number of thioether (sulfide) groups is 1. The predicted octanol–water partition coefficient (Wildman–Crippen LogP) is 4.28. The monoisotopic (exact) mass is 281 g/mol. The third-order valence-electron chi connectivity index (χ3n) is 3.15. The van der Waals surface area contributed by atoms with Crippen LogP contribution in [0, 0.1) is 0 Å². The number of nitrogens with zero attached hydrogens (tertiary/aromatic N) is 1. The van der Waals surface area contributed by atoms with Crippen LogP contribution < -0.4 is 11.1 Å². The van der Waals surface area contributed by atoms with E-state index in [1.165, 1.54) is 4.90 Å². The molecule has 3 nitrogen and oxygen atoms in total. The molecule has 0 aliphatic carbocycles. The number of nitrogens with two attached hydrogens (primary N) is 1. The van der Waals surface area contributed by atoms with Gasteiger partial charge in [-0.2, -0.15) is 0 Å². The summed E-state index contributed by atoms with van der Waals surface area (Å²) in [4.78, 5) is 5.66. The molecule has 2 aromatic carbocycles. The number of hydrogen-bond acceptors (Lipinski definition) is 4. The fraction of sp³-hybridized carbons (Fsp3) is 0.0625. The Kier molecular flexibility index (Phi) is 3.48. The van der Waals surface area contributed by atoms with E-state index in [1.54, 1.807) is 18.0 Å². The van der Waals surface area contributed by atoms with Crippen molar-refractivity contribution in [3.8, 4) is 0 Å². The van der Waals surface area contributed by atoms with Crippen molar-refractivity contribution in [2.45, 2.75) is 4.90 Å². The average molecular weight is 281 g/mol. The number of nitrogens with one attached hydrogen (secondary N) is 1. The first-order valence-corrected chi connectivity index (χ1v) is 7.54. The predicted molar refractivity (Wildman–Crippen MR) is 87.7 cm³/mol. The number of hydrogen-bond donors (Lipinski definition) is 2. The Bertz CT molecular complexity index is 756. The summed E-state index contributed by atoms with van der Waals surface area (Å²) in [6, 6.07) is 16.1. The third-order valence-corrected chi connectivity index (χ3v) is 3.88. The van der Waals surface area contributed by atoms with Gasteiger partial charge in [-0.1, -0.05) is 6.07 Å². The quantitative estimate of drug-likeness (QED) is 0.555. The smallest absolute Gasteiger partial charge is 0.0957 e. The van der Waals surface area contributed by atoms with E-state index >= 15 is 0 Å². The summed E-state index contributed by atoms with van der Waals surface area (Å²) >= 11 is 1.72. The van der Waals surface area contributed by atoms with Crippen molar-refractivity contribution in [1.82, 2.24) is 4.98 Å². The van der Waals surface area contributed by atoms with Crippen LogP contribution in [0.4, 0.5) is 17.1 Å². The van der Waals surface area contributed by atoms with E-state index in [0.29, 0.717) is 0 Å². The second kappa shape index (κ2) is 5.43. The molecule has 3 N–H and O–H groups in total. The highest BCUT2D eigenvalue weighted by Gasteiger charge is 2.05. The molecule has 100 valence electrons. The van der Waals surface area contributed by atoms with Crippen molar-refractivity contribution >= 4 is 39.7 Å². The second-order valence-corrected chi connectivity index (χ2v) is 5.34. The van der Waals surface area contributed by atoms with Crippen LogP contribution in [-0.2, 0) is 0 Å². The Labute approximate surface area is 122 Å². The third kappa shape index (κ3) is 2.42. The van der Waals surface area contributed by atoms with Gasteiger partial charge in [0.2, 0.25) is 0 Å². The zero-order chi connectivity index (χ0) is 13.9. The Hall–Kier alpha value is -2.20. The van der Waals surface area contributed by atoms with Crippen LogP contribution in [0.2, 0.25) is 0 Å². The van der Waals surface area contributed by atoms with Gasteiger partial charge in [0.05, 0.1) is 11.2 Å². The fourth-order valence-electron chi connectivity index (χ4n) is 2.15. The van der Waals surface area contributed by atoms with Crippen molar-refractivity contribution < 1.29 is 0 Å². The molecule has 0 aliphatic rings. The number of benzene rings is 2. The highest BCUT2D eigenvalue weighted by Crippen LogP contribution is 2.29. The second-order valence-electron chi connectivity index (χ2n) is 4.46. The van der Waals surface area contributed by atoms with Crippen LogP contribution in [0.15, 0.2) is 59.6 Å². The van der Waals surface area contributed by atoms with Gasteiger partial charge in [0.15, 0.2) is 0 Å². The number of fused-ring (bicyclic) bond motifs is 1. The van der Waals surface area contributed by atoms with Crippen LogP contribution >= 0.6 is 11.8 Å². The van der Waals surface area contributed by atoms with Gasteiger partial charge in [0.1, 0.15) is 0 Å². The van der Waals surface area contributed by atoms with Crippen LogP contribution in [0.3, 0.4) is 0 Å². The zero-order valence-electron chi connectivity index (χ0n) is 11.1. The first-order valence-electron chi connectivity index (χ1n) is 6.32. The molecular formula is C16H15N3S. The van der Waals surface area contributed by atoms with Gasteiger partial charge in [-0.25, -0.2) is 0 Å². The van der Waals surface area contributed by atoms with Crippen LogP contribution in [0.5, 0.6) is 0 Å². The maximum atomic E-state index is 5.99. The van der Waals surface area contributed by atoms with E-state index in [4.69, 9.17) is 5.73 Å². The number of pyridine rings is 1. The Morgan fingerprint density at radius 3 is 2.85 bits per heavy atom. The summed E-state index contributed by atoms with van der Waals surface area (Å²) in [5.41, 5.74) is 9.65. The molecule has 1 aromatic heterocycles. The minimum Gasteiger partial charge on any atom is -0.398 e. The first kappa shape index (κ1) is 12.8. The Morgan fingerprint density at radius 1 is 1.10 bits per heavy atom. The summed E-state index contributed by atoms with van der Waals surface area (Å²) in [6.07, 6.45) is 3.85. The lowest BCUT2D eigenvalue weighted by atomic mass is 10.1. The molecule has 0 atom stereocenters. The van der Waals surface area contributed by atoms with Crippen molar-refractivity contribution in [3.63, 3.8) is 0 Å². The highest BCUT2D eigenvalue weighted by atomic mass is 32.2. The van der Waals surface area contributed by atoms with Gasteiger partial charge in [0.25, 0.3) is 0 Å². The molecule has 0 unspecified atom stereocenters. The minimum atomic E-state index is 0.747. The fourth-order valence-corrected chi connectivity index (χ4v) is 2.61. The average Bonchev–Trinajstić information content (AvgIpc) is 2.51. The summed E-state index contributed by atoms with van der Waals surface area (Å²) in [6.45, 7) is 0. The van der Waals surface area contributed by atoms with Crippen molar-refractivity contribution in [2.75, 3.05) is 17.3 Å². The molecule has 0 saturated heterocycles. The summed E-state index contributed by atoms with van der Waals surface area (Å²) in [5.74, 6) is 0. The van der Waals surface area contributed by atoms with E-state index in [9.17, 15) is 0 Å². The number of nitrogen functional groups attached to an aromatic ring is 1. The molecule has 0 aliphatic heterocycles. The molecular weight excluding hydrogens is 266 g/mol. The van der Waals surface area contributed by atoms with Crippen LogP contribution in [-0.4, -0.2) is 11.2 Å². The van der Waals surface area contributed by atoms with Gasteiger partial charge in [-0.05, 0) is 48.7 Å². The molecule has 0 saturated carbocycles. The van der Waals surface area contributed by atoms with Crippen molar-refractivity contribution in [3.05, 3.63) is 54.7 Å². The van der Waals surface area contributed by atoms with Gasteiger partial charge in [0, 0.05) is 27.9 Å². The molecule has 0 fully saturated rings. The van der Waals surface area contributed by atoms with Crippen molar-refractivity contribution in [1.29, 1.82) is 0 Å². The van der Waals surface area contributed by atoms with E-state index in [2.05, 4.69) is 28.7 Å². The lowest BCUT2D eigenvalue weighted by Gasteiger charge is -2.11. The van der Waals surface area contributed by atoms with Gasteiger partial charge in [-0.15, -0.1) is 11.8 Å². The summed E-state index contributed by atoms with van der Waals surface area (Å²) in [5, 5.41) is 4.39. The molecule has 3 aromatic rings. The van der Waals surface area contributed by atoms with Gasteiger partial charge in [-0.3, -0.25) is 4.98 Å². The Morgan fingerprint density at radius 2 is 2.00 bits per heavy atom. The molecule has 0 amide bonds. The minimum absolute atomic E-state index is 0.747. The molecule has 1 heterocycles. The highest BCUT2D eigenvalue weighted by molar-refractivity contribution is 7.98. The normalized spacial score (nSPS) is 10.7. The number of rotatable bonds is 3. The molecule has 0 spiro atoms. The van der Waals surface area contributed by atoms with Crippen LogP contribution in [0.1, 0.15) is 0 Å². The lowest BCUT2D eigenvalue weighted by Crippen LogP contribution is -1.95. The summed E-state index contributed by atoms with van der Waals surface area (Å²) < 4.78 is 0. The number of anilines is 3. The van der Waals surface area contributed by atoms with Crippen LogP contribution in [0.25, 0.3) is 10.9 Å². The maximum Gasteiger partial charge on any atom is 0.0957 e. The van der Waals surface area contributed by atoms with E-state index < -0.39 is 0 Å². The first-order chi connectivity index (χ1) is 9.78. The molecule has 4 heteroatoms. The van der Waals surface area contributed by atoms with E-state index in [1.807, 2.05) is 36.4 Å².